The fourth-order valence-corrected chi connectivity index (χ4v) is 3.17. The molecule has 0 saturated heterocycles. The van der Waals surface area contributed by atoms with E-state index in [1.807, 2.05) is 36.4 Å². The van der Waals surface area contributed by atoms with Crippen molar-refractivity contribution in [3.05, 3.63) is 59.7 Å². The first-order valence-electron chi connectivity index (χ1n) is 7.62. The van der Waals surface area contributed by atoms with Crippen molar-refractivity contribution in [3.63, 3.8) is 0 Å². The van der Waals surface area contributed by atoms with Gasteiger partial charge in [-0.05, 0) is 12.0 Å². The van der Waals surface area contributed by atoms with E-state index in [-0.39, 0.29) is 12.3 Å². The predicted octanol–water partition coefficient (Wildman–Crippen LogP) is 3.17. The maximum Gasteiger partial charge on any atom is 0.303 e. The van der Waals surface area contributed by atoms with Gasteiger partial charge >= 0.3 is 5.97 Å². The lowest BCUT2D eigenvalue weighted by Gasteiger charge is -2.00. The van der Waals surface area contributed by atoms with Gasteiger partial charge in [-0.15, -0.1) is 10.2 Å². The van der Waals surface area contributed by atoms with Gasteiger partial charge in [-0.3, -0.25) is 10.2 Å². The molecule has 0 unspecified atom stereocenters. The van der Waals surface area contributed by atoms with Crippen LogP contribution in [0.1, 0.15) is 17.5 Å². The van der Waals surface area contributed by atoms with Gasteiger partial charge in [0.05, 0.1) is 0 Å². The van der Waals surface area contributed by atoms with E-state index in [1.165, 1.54) is 11.3 Å². The molecule has 4 N–H and O–H groups in total. The molecule has 3 aromatic rings. The third kappa shape index (κ3) is 4.07. The summed E-state index contributed by atoms with van der Waals surface area (Å²) in [7, 11) is 0. The van der Waals surface area contributed by atoms with Crippen LogP contribution >= 0.6 is 11.3 Å². The van der Waals surface area contributed by atoms with Gasteiger partial charge in [-0.1, -0.05) is 59.9 Å². The van der Waals surface area contributed by atoms with E-state index in [1.54, 1.807) is 12.1 Å². The average Bonchev–Trinajstić information content (AvgIpc) is 3.10. The Hall–Kier alpha value is -3.06. The molecule has 0 fully saturated rings. The number of aliphatic carboxylic acids is 1. The smallest absolute Gasteiger partial charge is 0.303 e. The lowest BCUT2D eigenvalue weighted by atomic mass is 10.1. The summed E-state index contributed by atoms with van der Waals surface area (Å²) in [5, 5.41) is 26.2. The summed E-state index contributed by atoms with van der Waals surface area (Å²) in [5.74, 6) is -0.763. The number of nitrogens with two attached hydrogens (primary N) is 1. The lowest BCUT2D eigenvalue weighted by Crippen LogP contribution is -2.10. The van der Waals surface area contributed by atoms with Gasteiger partial charge in [0, 0.05) is 23.1 Å². The first-order valence-corrected chi connectivity index (χ1v) is 8.44. The Labute approximate surface area is 148 Å². The van der Waals surface area contributed by atoms with Crippen LogP contribution in [-0.4, -0.2) is 27.1 Å². The summed E-state index contributed by atoms with van der Waals surface area (Å²) in [6, 6.07) is 15.0. The molecule has 2 aromatic carbocycles. The summed E-state index contributed by atoms with van der Waals surface area (Å²) in [6.07, 6.45) is 0.637. The maximum atomic E-state index is 10.6. The van der Waals surface area contributed by atoms with Crippen LogP contribution in [-0.2, 0) is 11.2 Å². The Morgan fingerprint density at radius 1 is 1.00 bits per heavy atom. The number of hydrogen-bond donors (Lipinski definition) is 3. The van der Waals surface area contributed by atoms with Crippen molar-refractivity contribution in [2.45, 2.75) is 12.8 Å². The van der Waals surface area contributed by atoms with Gasteiger partial charge in [0.25, 0.3) is 0 Å². The van der Waals surface area contributed by atoms with Crippen LogP contribution in [0.15, 0.2) is 48.5 Å². The fourth-order valence-electron chi connectivity index (χ4n) is 2.31. The number of nitrogens with zero attached hydrogens (tertiary/aromatic N) is 2. The van der Waals surface area contributed by atoms with Gasteiger partial charge in [-0.25, -0.2) is 0 Å². The number of benzene rings is 2. The predicted molar refractivity (Wildman–Crippen MR) is 97.8 cm³/mol. The lowest BCUT2D eigenvalue weighted by molar-refractivity contribution is -0.136. The SMILES string of the molecule is N=C(N)c1ccc(-c2nnc(-c3ccc(CCC(=O)O)cc3)s2)cc1. The molecule has 0 spiro atoms. The molecule has 126 valence electrons. The number of carboxylic acid groups (broad SMARTS) is 1. The van der Waals surface area contributed by atoms with Crippen LogP contribution in [0.5, 0.6) is 0 Å². The van der Waals surface area contributed by atoms with E-state index in [9.17, 15) is 4.79 Å². The van der Waals surface area contributed by atoms with E-state index < -0.39 is 5.97 Å². The van der Waals surface area contributed by atoms with Crippen molar-refractivity contribution in [1.29, 1.82) is 5.41 Å². The minimum atomic E-state index is -0.798. The van der Waals surface area contributed by atoms with Crippen LogP contribution in [0, 0.1) is 5.41 Å². The zero-order chi connectivity index (χ0) is 17.8. The van der Waals surface area contributed by atoms with Gasteiger partial charge in [0.2, 0.25) is 0 Å². The normalized spacial score (nSPS) is 10.6. The van der Waals surface area contributed by atoms with Gasteiger partial charge in [-0.2, -0.15) is 0 Å². The quantitative estimate of drug-likeness (QED) is 0.466. The van der Waals surface area contributed by atoms with Crippen LogP contribution < -0.4 is 5.73 Å². The minimum Gasteiger partial charge on any atom is -0.481 e. The molecule has 25 heavy (non-hydrogen) atoms. The van der Waals surface area contributed by atoms with Crippen molar-refractivity contribution in [2.75, 3.05) is 0 Å². The Balaban J connectivity index is 1.76. The van der Waals surface area contributed by atoms with E-state index in [0.29, 0.717) is 12.0 Å². The van der Waals surface area contributed by atoms with E-state index in [2.05, 4.69) is 10.2 Å². The number of aromatic nitrogens is 2. The zero-order valence-electron chi connectivity index (χ0n) is 13.3. The number of nitrogens with one attached hydrogen (secondary N) is 1. The van der Waals surface area contributed by atoms with Crippen molar-refractivity contribution in [1.82, 2.24) is 10.2 Å². The van der Waals surface area contributed by atoms with E-state index in [4.69, 9.17) is 16.2 Å². The maximum absolute atomic E-state index is 10.6. The van der Waals surface area contributed by atoms with E-state index in [0.717, 1.165) is 26.7 Å². The highest BCUT2D eigenvalue weighted by molar-refractivity contribution is 7.17. The Kier molecular flexibility index (Phi) is 4.85. The summed E-state index contributed by atoms with van der Waals surface area (Å²) in [6.45, 7) is 0. The second-order valence-corrected chi connectivity index (χ2v) is 6.47. The Morgan fingerprint density at radius 3 is 2.00 bits per heavy atom. The molecule has 0 saturated carbocycles. The summed E-state index contributed by atoms with van der Waals surface area (Å²) in [5.41, 5.74) is 8.98. The Bertz CT molecular complexity index is 902. The summed E-state index contributed by atoms with van der Waals surface area (Å²) in [4.78, 5) is 10.6. The summed E-state index contributed by atoms with van der Waals surface area (Å²) >= 11 is 1.48. The first kappa shape index (κ1) is 16.8. The second-order valence-electron chi connectivity index (χ2n) is 5.49. The van der Waals surface area contributed by atoms with E-state index >= 15 is 0 Å². The molecule has 0 aliphatic carbocycles. The van der Waals surface area contributed by atoms with Crippen molar-refractivity contribution < 1.29 is 9.90 Å². The molecule has 0 bridgehead atoms. The third-order valence-electron chi connectivity index (χ3n) is 3.70. The highest BCUT2D eigenvalue weighted by atomic mass is 32.1. The summed E-state index contributed by atoms with van der Waals surface area (Å²) < 4.78 is 0. The van der Waals surface area contributed by atoms with Crippen molar-refractivity contribution in [2.24, 2.45) is 5.73 Å². The van der Waals surface area contributed by atoms with Gasteiger partial charge in [0.1, 0.15) is 15.9 Å². The zero-order valence-corrected chi connectivity index (χ0v) is 14.1. The second kappa shape index (κ2) is 7.23. The minimum absolute atomic E-state index is 0.0347. The van der Waals surface area contributed by atoms with Gasteiger partial charge < -0.3 is 10.8 Å². The molecule has 6 nitrogen and oxygen atoms in total. The molecular weight excluding hydrogens is 336 g/mol. The number of carboxylic acids is 1. The van der Waals surface area contributed by atoms with Crippen molar-refractivity contribution >= 4 is 23.1 Å². The number of hydrogen-bond acceptors (Lipinski definition) is 5. The fraction of sp³-hybridized carbons (Fsp3) is 0.111. The number of rotatable bonds is 6. The molecule has 3 rings (SSSR count). The monoisotopic (exact) mass is 352 g/mol. The van der Waals surface area contributed by atoms with Gasteiger partial charge in [0.15, 0.2) is 0 Å². The van der Waals surface area contributed by atoms with Crippen LogP contribution in [0.3, 0.4) is 0 Å². The largest absolute Gasteiger partial charge is 0.481 e. The average molecular weight is 352 g/mol. The molecule has 0 aliphatic heterocycles. The third-order valence-corrected chi connectivity index (χ3v) is 4.72. The number of aryl methyl sites for hydroxylation is 1. The molecule has 1 heterocycles. The molecule has 0 aliphatic rings. The number of carbonyl (C=O) groups is 1. The molecule has 7 heteroatoms. The highest BCUT2D eigenvalue weighted by Gasteiger charge is 2.09. The molecule has 0 radical (unpaired) electrons. The Morgan fingerprint density at radius 2 is 1.52 bits per heavy atom. The van der Waals surface area contributed by atoms with Crippen LogP contribution in [0.4, 0.5) is 0 Å². The standard InChI is InChI=1S/C18H16N4O2S/c19-16(20)12-6-8-14(9-7-12)18-22-21-17(25-18)13-4-1-11(2-5-13)3-10-15(23)24/h1-2,4-9H,3,10H2,(H3,19,20)(H,23,24). The highest BCUT2D eigenvalue weighted by Crippen LogP contribution is 2.30. The molecule has 0 amide bonds. The van der Waals surface area contributed by atoms with Crippen LogP contribution in [0.2, 0.25) is 0 Å². The number of nitrogen functional groups attached to an aromatic ring is 1. The van der Waals surface area contributed by atoms with Crippen LogP contribution in [0.25, 0.3) is 21.1 Å². The molecule has 1 aromatic heterocycles. The molecule has 0 atom stereocenters. The molecular formula is C18H16N4O2S. The topological polar surface area (TPSA) is 113 Å². The number of amidine groups is 1. The first-order chi connectivity index (χ1) is 12.0. The van der Waals surface area contributed by atoms with Crippen molar-refractivity contribution in [3.8, 4) is 21.1 Å².